The maximum atomic E-state index is 13.3. The molecule has 1 aliphatic heterocycles. The van der Waals surface area contributed by atoms with Gasteiger partial charge in [0.15, 0.2) is 18.1 Å². The summed E-state index contributed by atoms with van der Waals surface area (Å²) in [6.45, 7) is -0.377. The molecule has 2 fully saturated rings. The lowest BCUT2D eigenvalue weighted by atomic mass is 9.85. The van der Waals surface area contributed by atoms with Gasteiger partial charge < -0.3 is 14.8 Å². The highest BCUT2D eigenvalue weighted by atomic mass is 19.1. The van der Waals surface area contributed by atoms with Gasteiger partial charge in [-0.05, 0) is 48.6 Å². The van der Waals surface area contributed by atoms with E-state index in [1.807, 2.05) is 12.2 Å². The number of allylic oxidation sites excluding steroid dienone is 2. The van der Waals surface area contributed by atoms with E-state index >= 15 is 0 Å². The molecule has 3 aliphatic rings. The van der Waals surface area contributed by atoms with Crippen LogP contribution in [0.3, 0.4) is 0 Å². The SMILES string of the molecule is COc1cccc(C=NN2C(=O)C3C4C=CC(C4)C3C2=O)c1OCC(=O)Nc1cccc(F)c1. The number of imide groups is 1. The van der Waals surface area contributed by atoms with Crippen molar-refractivity contribution in [2.24, 2.45) is 28.8 Å². The number of hydrogen-bond acceptors (Lipinski definition) is 6. The highest BCUT2D eigenvalue weighted by molar-refractivity contribution is 6.07. The molecule has 4 unspecified atom stereocenters. The Morgan fingerprint density at radius 1 is 1.15 bits per heavy atom. The molecule has 0 radical (unpaired) electrons. The molecule has 2 aliphatic carbocycles. The van der Waals surface area contributed by atoms with Crippen LogP contribution in [-0.2, 0) is 14.4 Å². The normalized spacial score (nSPS) is 24.7. The van der Waals surface area contributed by atoms with Gasteiger partial charge in [0, 0.05) is 11.3 Å². The Morgan fingerprint density at radius 3 is 2.53 bits per heavy atom. The predicted molar refractivity (Wildman–Crippen MR) is 121 cm³/mol. The van der Waals surface area contributed by atoms with E-state index < -0.39 is 11.7 Å². The number of ether oxygens (including phenoxy) is 2. The number of methoxy groups -OCH3 is 1. The zero-order chi connectivity index (χ0) is 23.8. The molecular formula is C25H22FN3O5. The average molecular weight is 463 g/mol. The van der Waals surface area contributed by atoms with Gasteiger partial charge >= 0.3 is 0 Å². The molecule has 9 heteroatoms. The summed E-state index contributed by atoms with van der Waals surface area (Å²) in [5.41, 5.74) is 0.729. The van der Waals surface area contributed by atoms with E-state index in [-0.39, 0.29) is 47.8 Å². The molecule has 2 aromatic carbocycles. The summed E-state index contributed by atoms with van der Waals surface area (Å²) in [7, 11) is 1.45. The maximum Gasteiger partial charge on any atom is 0.262 e. The van der Waals surface area contributed by atoms with E-state index in [1.165, 1.54) is 31.5 Å². The molecule has 2 aromatic rings. The van der Waals surface area contributed by atoms with Crippen LogP contribution in [0, 0.1) is 29.5 Å². The molecule has 0 aromatic heterocycles. The Labute approximate surface area is 195 Å². The van der Waals surface area contributed by atoms with Crippen LogP contribution in [0.15, 0.2) is 59.7 Å². The van der Waals surface area contributed by atoms with Crippen molar-refractivity contribution in [3.8, 4) is 11.5 Å². The van der Waals surface area contributed by atoms with Gasteiger partial charge in [-0.3, -0.25) is 14.4 Å². The third kappa shape index (κ3) is 3.83. The first-order chi connectivity index (χ1) is 16.5. The summed E-state index contributed by atoms with van der Waals surface area (Å²) in [6.07, 6.45) is 6.24. The van der Waals surface area contributed by atoms with Gasteiger partial charge in [-0.25, -0.2) is 4.39 Å². The topological polar surface area (TPSA) is 97.3 Å². The van der Waals surface area contributed by atoms with Crippen LogP contribution < -0.4 is 14.8 Å². The molecule has 8 nitrogen and oxygen atoms in total. The number of amides is 3. The monoisotopic (exact) mass is 463 g/mol. The minimum absolute atomic E-state index is 0.0963. The van der Waals surface area contributed by atoms with Gasteiger partial charge in [-0.1, -0.05) is 24.3 Å². The second-order valence-electron chi connectivity index (χ2n) is 8.46. The summed E-state index contributed by atoms with van der Waals surface area (Å²) >= 11 is 0. The summed E-state index contributed by atoms with van der Waals surface area (Å²) in [5, 5.41) is 7.68. The highest BCUT2D eigenvalue weighted by Crippen LogP contribution is 2.52. The van der Waals surface area contributed by atoms with Crippen LogP contribution in [0.4, 0.5) is 10.1 Å². The van der Waals surface area contributed by atoms with Crippen molar-refractivity contribution in [1.82, 2.24) is 5.01 Å². The summed E-state index contributed by atoms with van der Waals surface area (Å²) in [4.78, 5) is 38.0. The van der Waals surface area contributed by atoms with Crippen molar-refractivity contribution in [2.75, 3.05) is 19.0 Å². The molecular weight excluding hydrogens is 441 g/mol. The number of rotatable bonds is 7. The second-order valence-corrected chi connectivity index (χ2v) is 8.46. The van der Waals surface area contributed by atoms with E-state index in [4.69, 9.17) is 9.47 Å². The van der Waals surface area contributed by atoms with Crippen LogP contribution in [0.5, 0.6) is 11.5 Å². The number of benzene rings is 2. The summed E-state index contributed by atoms with van der Waals surface area (Å²) in [6, 6.07) is 10.5. The molecule has 3 amide bonds. The summed E-state index contributed by atoms with van der Waals surface area (Å²) in [5.74, 6) is -1.46. The molecule has 1 N–H and O–H groups in total. The number of hydrazone groups is 1. The van der Waals surface area contributed by atoms with Crippen molar-refractivity contribution < 1.29 is 28.2 Å². The fraction of sp³-hybridized carbons (Fsp3) is 0.280. The third-order valence-electron chi connectivity index (χ3n) is 6.44. The van der Waals surface area contributed by atoms with Gasteiger partial charge in [-0.15, -0.1) is 0 Å². The quantitative estimate of drug-likeness (QED) is 0.387. The maximum absolute atomic E-state index is 13.3. The van der Waals surface area contributed by atoms with E-state index in [9.17, 15) is 18.8 Å². The fourth-order valence-corrected chi connectivity index (χ4v) is 4.97. The van der Waals surface area contributed by atoms with Crippen molar-refractivity contribution in [1.29, 1.82) is 0 Å². The van der Waals surface area contributed by atoms with Crippen molar-refractivity contribution in [3.63, 3.8) is 0 Å². The molecule has 1 saturated carbocycles. The number of nitrogens with one attached hydrogen (secondary N) is 1. The van der Waals surface area contributed by atoms with Crippen molar-refractivity contribution in [2.45, 2.75) is 6.42 Å². The Morgan fingerprint density at radius 2 is 1.85 bits per heavy atom. The molecule has 5 rings (SSSR count). The smallest absolute Gasteiger partial charge is 0.262 e. The van der Waals surface area contributed by atoms with Crippen molar-refractivity contribution in [3.05, 3.63) is 66.0 Å². The van der Waals surface area contributed by atoms with Gasteiger partial charge in [0.05, 0.1) is 25.2 Å². The first kappa shape index (κ1) is 21.8. The lowest BCUT2D eigenvalue weighted by molar-refractivity contribution is -0.140. The minimum Gasteiger partial charge on any atom is -0.493 e. The Balaban J connectivity index is 1.31. The average Bonchev–Trinajstić information content (AvgIpc) is 3.50. The number of para-hydroxylation sites is 1. The van der Waals surface area contributed by atoms with Crippen LogP contribution in [-0.4, -0.2) is 42.7 Å². The summed E-state index contributed by atoms with van der Waals surface area (Å²) < 4.78 is 24.4. The number of nitrogens with zero attached hydrogens (tertiary/aromatic N) is 2. The molecule has 4 atom stereocenters. The van der Waals surface area contributed by atoms with Crippen LogP contribution >= 0.6 is 0 Å². The van der Waals surface area contributed by atoms with E-state index in [0.29, 0.717) is 17.0 Å². The zero-order valence-electron chi connectivity index (χ0n) is 18.3. The fourth-order valence-electron chi connectivity index (χ4n) is 4.97. The largest absolute Gasteiger partial charge is 0.493 e. The van der Waals surface area contributed by atoms with Crippen LogP contribution in [0.1, 0.15) is 12.0 Å². The number of anilines is 1. The van der Waals surface area contributed by atoms with E-state index in [1.54, 1.807) is 24.3 Å². The molecule has 0 spiro atoms. The Hall–Kier alpha value is -4.01. The Bertz CT molecular complexity index is 1200. The van der Waals surface area contributed by atoms with Gasteiger partial charge in [0.25, 0.3) is 17.7 Å². The van der Waals surface area contributed by atoms with Crippen LogP contribution in [0.25, 0.3) is 0 Å². The number of carbonyl (C=O) groups excluding carboxylic acids is 3. The molecule has 34 heavy (non-hydrogen) atoms. The minimum atomic E-state index is -0.500. The first-order valence-electron chi connectivity index (χ1n) is 10.9. The third-order valence-corrected chi connectivity index (χ3v) is 6.44. The number of hydrogen-bond donors (Lipinski definition) is 1. The van der Waals surface area contributed by atoms with Gasteiger partial charge in [0.2, 0.25) is 0 Å². The number of carbonyl (C=O) groups is 3. The molecule has 1 heterocycles. The number of halogens is 1. The standard InChI is InChI=1S/C25H22FN3O5/c1-33-19-7-2-4-16(23(19)34-13-20(30)28-18-6-3-5-17(26)11-18)12-27-29-24(31)21-14-8-9-15(10-14)22(21)25(29)32/h2-9,11-12,14-15,21-22H,10,13H2,1H3,(H,28,30). The lowest BCUT2D eigenvalue weighted by Gasteiger charge is -2.14. The second kappa shape index (κ2) is 8.74. The van der Waals surface area contributed by atoms with E-state index in [2.05, 4.69) is 10.4 Å². The highest BCUT2D eigenvalue weighted by Gasteiger charge is 2.59. The zero-order valence-corrected chi connectivity index (χ0v) is 18.3. The molecule has 174 valence electrons. The van der Waals surface area contributed by atoms with Gasteiger partial charge in [0.1, 0.15) is 5.82 Å². The molecule has 1 saturated heterocycles. The predicted octanol–water partition coefficient (Wildman–Crippen LogP) is 2.99. The van der Waals surface area contributed by atoms with Crippen molar-refractivity contribution >= 4 is 29.6 Å². The Kier molecular flexibility index (Phi) is 5.61. The van der Waals surface area contributed by atoms with E-state index in [0.717, 1.165) is 11.4 Å². The first-order valence-corrected chi connectivity index (χ1v) is 10.9. The molecule has 2 bridgehead atoms. The number of fused-ring (bicyclic) bond motifs is 5. The van der Waals surface area contributed by atoms with Crippen LogP contribution in [0.2, 0.25) is 0 Å². The van der Waals surface area contributed by atoms with Gasteiger partial charge in [-0.2, -0.15) is 10.1 Å². The lowest BCUT2D eigenvalue weighted by Crippen LogP contribution is -2.28.